The second kappa shape index (κ2) is 7.32. The average Bonchev–Trinajstić information content (AvgIpc) is 3.06. The van der Waals surface area contributed by atoms with Crippen molar-refractivity contribution in [2.45, 2.75) is 0 Å². The third-order valence-electron chi connectivity index (χ3n) is 3.78. The maximum absolute atomic E-state index is 12.1. The van der Waals surface area contributed by atoms with E-state index < -0.39 is 0 Å². The topological polar surface area (TPSA) is 85.2 Å². The molecule has 6 heteroatoms. The van der Waals surface area contributed by atoms with Crippen LogP contribution in [0.1, 0.15) is 11.1 Å². The number of nitrogens with one attached hydrogen (secondary N) is 2. The van der Waals surface area contributed by atoms with E-state index in [4.69, 9.17) is 5.26 Å². The van der Waals surface area contributed by atoms with Crippen LogP contribution >= 0.6 is 0 Å². The first-order chi connectivity index (χ1) is 12.2. The Morgan fingerprint density at radius 3 is 2.84 bits per heavy atom. The molecule has 0 unspecified atom stereocenters. The number of hydrogen-bond acceptors (Lipinski definition) is 3. The molecule has 3 amide bonds. The van der Waals surface area contributed by atoms with Gasteiger partial charge in [-0.15, -0.1) is 0 Å². The standard InChI is InChI=1S/C19H16N4O2/c20-13-15-5-2-1-4-14(15)8-9-18(24)22-16-6-3-7-17(12-16)23-11-10-21-19(23)25/h1-9,12H,10-11H2,(H,21,25)(H,22,24)/b9-8+. The molecular weight excluding hydrogens is 316 g/mol. The molecule has 25 heavy (non-hydrogen) atoms. The van der Waals surface area contributed by atoms with Gasteiger partial charge in [0.25, 0.3) is 0 Å². The van der Waals surface area contributed by atoms with Gasteiger partial charge in [0.1, 0.15) is 0 Å². The second-order valence-corrected chi connectivity index (χ2v) is 5.46. The summed E-state index contributed by atoms with van der Waals surface area (Å²) in [5.74, 6) is -0.309. The quantitative estimate of drug-likeness (QED) is 0.844. The number of anilines is 2. The lowest BCUT2D eigenvalue weighted by molar-refractivity contribution is -0.111. The lowest BCUT2D eigenvalue weighted by Gasteiger charge is -2.15. The molecule has 3 rings (SSSR count). The van der Waals surface area contributed by atoms with Crippen molar-refractivity contribution in [1.82, 2.24) is 5.32 Å². The first kappa shape index (κ1) is 16.3. The van der Waals surface area contributed by atoms with Gasteiger partial charge in [-0.3, -0.25) is 9.69 Å². The van der Waals surface area contributed by atoms with Crippen LogP contribution in [0, 0.1) is 11.3 Å². The number of urea groups is 1. The van der Waals surface area contributed by atoms with Gasteiger partial charge in [0.15, 0.2) is 0 Å². The maximum atomic E-state index is 12.1. The number of carbonyl (C=O) groups excluding carboxylic acids is 2. The van der Waals surface area contributed by atoms with Gasteiger partial charge in [0.05, 0.1) is 11.6 Å². The summed E-state index contributed by atoms with van der Waals surface area (Å²) in [6.45, 7) is 1.21. The van der Waals surface area contributed by atoms with E-state index in [1.54, 1.807) is 47.4 Å². The van der Waals surface area contributed by atoms with Crippen molar-refractivity contribution in [3.8, 4) is 6.07 Å². The lowest BCUT2D eigenvalue weighted by atomic mass is 10.1. The fraction of sp³-hybridized carbons (Fsp3) is 0.105. The van der Waals surface area contributed by atoms with E-state index in [1.807, 2.05) is 12.1 Å². The van der Waals surface area contributed by atoms with E-state index in [-0.39, 0.29) is 11.9 Å². The van der Waals surface area contributed by atoms with Crippen LogP contribution in [0.3, 0.4) is 0 Å². The molecule has 0 aromatic heterocycles. The Balaban J connectivity index is 1.70. The zero-order chi connectivity index (χ0) is 17.6. The zero-order valence-corrected chi connectivity index (χ0v) is 13.4. The highest BCUT2D eigenvalue weighted by atomic mass is 16.2. The second-order valence-electron chi connectivity index (χ2n) is 5.46. The summed E-state index contributed by atoms with van der Waals surface area (Å²) < 4.78 is 0. The Bertz CT molecular complexity index is 883. The maximum Gasteiger partial charge on any atom is 0.321 e. The van der Waals surface area contributed by atoms with E-state index in [0.29, 0.717) is 29.9 Å². The third-order valence-corrected chi connectivity index (χ3v) is 3.78. The molecule has 1 aliphatic heterocycles. The molecule has 0 radical (unpaired) electrons. The van der Waals surface area contributed by atoms with Crippen LogP contribution in [0.25, 0.3) is 6.08 Å². The lowest BCUT2D eigenvalue weighted by Crippen LogP contribution is -2.27. The van der Waals surface area contributed by atoms with Gasteiger partial charge in [0, 0.05) is 30.5 Å². The highest BCUT2D eigenvalue weighted by Crippen LogP contribution is 2.21. The zero-order valence-electron chi connectivity index (χ0n) is 13.4. The van der Waals surface area contributed by atoms with E-state index in [1.165, 1.54) is 6.08 Å². The van der Waals surface area contributed by atoms with Crippen LogP contribution < -0.4 is 15.5 Å². The van der Waals surface area contributed by atoms with Crippen LogP contribution in [0.15, 0.2) is 54.6 Å². The van der Waals surface area contributed by atoms with Crippen LogP contribution in [-0.2, 0) is 4.79 Å². The largest absolute Gasteiger partial charge is 0.336 e. The predicted octanol–water partition coefficient (Wildman–Crippen LogP) is 2.74. The molecule has 124 valence electrons. The number of carbonyl (C=O) groups is 2. The molecule has 1 saturated heterocycles. The monoisotopic (exact) mass is 332 g/mol. The van der Waals surface area contributed by atoms with Crippen LogP contribution in [0.4, 0.5) is 16.2 Å². The number of nitriles is 1. The first-order valence-corrected chi connectivity index (χ1v) is 7.81. The number of hydrogen-bond donors (Lipinski definition) is 2. The molecule has 2 N–H and O–H groups in total. The molecule has 1 heterocycles. The fourth-order valence-electron chi connectivity index (χ4n) is 2.56. The molecule has 6 nitrogen and oxygen atoms in total. The van der Waals surface area contributed by atoms with Crippen molar-refractivity contribution in [2.24, 2.45) is 0 Å². The molecule has 1 aliphatic rings. The minimum atomic E-state index is -0.309. The molecule has 0 atom stereocenters. The number of benzene rings is 2. The SMILES string of the molecule is N#Cc1ccccc1/C=C/C(=O)Nc1cccc(N2CCNC2=O)c1. The molecule has 0 aliphatic carbocycles. The van der Waals surface area contributed by atoms with Gasteiger partial charge < -0.3 is 10.6 Å². The third kappa shape index (κ3) is 3.85. The Labute approximate surface area is 145 Å². The Morgan fingerprint density at radius 1 is 1.24 bits per heavy atom. The van der Waals surface area contributed by atoms with E-state index in [0.717, 1.165) is 5.69 Å². The number of amides is 3. The van der Waals surface area contributed by atoms with E-state index >= 15 is 0 Å². The van der Waals surface area contributed by atoms with E-state index in [9.17, 15) is 9.59 Å². The molecular formula is C19H16N4O2. The summed E-state index contributed by atoms with van der Waals surface area (Å²) in [4.78, 5) is 25.4. The summed E-state index contributed by atoms with van der Waals surface area (Å²) >= 11 is 0. The molecule has 0 bridgehead atoms. The number of rotatable bonds is 4. The Kier molecular flexibility index (Phi) is 4.77. The summed E-state index contributed by atoms with van der Waals surface area (Å²) in [6, 6.07) is 16.1. The van der Waals surface area contributed by atoms with Crippen LogP contribution in [0.2, 0.25) is 0 Å². The van der Waals surface area contributed by atoms with Crippen LogP contribution in [0.5, 0.6) is 0 Å². The van der Waals surface area contributed by atoms with Crippen molar-refractivity contribution in [3.05, 3.63) is 65.7 Å². The van der Waals surface area contributed by atoms with Crippen molar-refractivity contribution < 1.29 is 9.59 Å². The van der Waals surface area contributed by atoms with Crippen molar-refractivity contribution in [2.75, 3.05) is 23.3 Å². The predicted molar refractivity (Wildman–Crippen MR) is 96.0 cm³/mol. The van der Waals surface area contributed by atoms with Gasteiger partial charge >= 0.3 is 6.03 Å². The Morgan fingerprint density at radius 2 is 2.08 bits per heavy atom. The first-order valence-electron chi connectivity index (χ1n) is 7.81. The molecule has 2 aromatic rings. The average molecular weight is 332 g/mol. The fourth-order valence-corrected chi connectivity index (χ4v) is 2.56. The number of nitrogens with zero attached hydrogens (tertiary/aromatic N) is 2. The van der Waals surface area contributed by atoms with Crippen molar-refractivity contribution >= 4 is 29.4 Å². The van der Waals surface area contributed by atoms with Crippen molar-refractivity contribution in [1.29, 1.82) is 5.26 Å². The van der Waals surface area contributed by atoms with Gasteiger partial charge in [-0.1, -0.05) is 24.3 Å². The molecule has 0 saturated carbocycles. The van der Waals surface area contributed by atoms with Crippen molar-refractivity contribution in [3.63, 3.8) is 0 Å². The smallest absolute Gasteiger partial charge is 0.321 e. The Hall–Kier alpha value is -3.59. The van der Waals surface area contributed by atoms with Gasteiger partial charge in [-0.2, -0.15) is 5.26 Å². The minimum Gasteiger partial charge on any atom is -0.336 e. The molecule has 1 fully saturated rings. The van der Waals surface area contributed by atoms with Gasteiger partial charge in [-0.05, 0) is 35.9 Å². The highest BCUT2D eigenvalue weighted by Gasteiger charge is 2.21. The molecule has 2 aromatic carbocycles. The summed E-state index contributed by atoms with van der Waals surface area (Å²) in [7, 11) is 0. The normalized spacial score (nSPS) is 13.6. The summed E-state index contributed by atoms with van der Waals surface area (Å²) in [6.07, 6.45) is 2.98. The highest BCUT2D eigenvalue weighted by molar-refractivity contribution is 6.02. The summed E-state index contributed by atoms with van der Waals surface area (Å²) in [5.41, 5.74) is 2.52. The van der Waals surface area contributed by atoms with Crippen LogP contribution in [-0.4, -0.2) is 25.0 Å². The summed E-state index contributed by atoms with van der Waals surface area (Å²) in [5, 5.41) is 14.6. The van der Waals surface area contributed by atoms with E-state index in [2.05, 4.69) is 16.7 Å². The minimum absolute atomic E-state index is 0.142. The van der Waals surface area contributed by atoms with Gasteiger partial charge in [0.2, 0.25) is 5.91 Å². The van der Waals surface area contributed by atoms with Gasteiger partial charge in [-0.25, -0.2) is 4.79 Å². The molecule has 0 spiro atoms.